The number of benzene rings is 1. The third-order valence-corrected chi connectivity index (χ3v) is 6.93. The van der Waals surface area contributed by atoms with Crippen LogP contribution in [0.25, 0.3) is 11.3 Å². The molecule has 1 amide bonds. The number of aromatic nitrogens is 1. The van der Waals surface area contributed by atoms with Gasteiger partial charge in [0, 0.05) is 20.2 Å². The maximum absolute atomic E-state index is 12.9. The maximum Gasteiger partial charge on any atom is 0.225 e. The van der Waals surface area contributed by atoms with E-state index >= 15 is 0 Å². The van der Waals surface area contributed by atoms with Gasteiger partial charge in [-0.15, -0.1) is 22.7 Å². The first kappa shape index (κ1) is 18.4. The van der Waals surface area contributed by atoms with Gasteiger partial charge < -0.3 is 5.32 Å². The summed E-state index contributed by atoms with van der Waals surface area (Å²) in [5.41, 5.74) is 3.36. The number of thiazole rings is 1. The van der Waals surface area contributed by atoms with Gasteiger partial charge in [0.25, 0.3) is 0 Å². The molecule has 0 aliphatic heterocycles. The van der Waals surface area contributed by atoms with E-state index in [-0.39, 0.29) is 11.9 Å². The van der Waals surface area contributed by atoms with Crippen molar-refractivity contribution in [1.29, 1.82) is 0 Å². The second-order valence-corrected chi connectivity index (χ2v) is 10.0. The molecule has 1 unspecified atom stereocenters. The summed E-state index contributed by atoms with van der Waals surface area (Å²) in [6.45, 7) is 6.26. The molecule has 2 aromatic heterocycles. The Bertz CT molecular complexity index is 954. The molecule has 1 N–H and O–H groups in total. The molecule has 1 aliphatic carbocycles. The number of amides is 1. The molecule has 1 saturated carbocycles. The van der Waals surface area contributed by atoms with E-state index in [1.54, 1.807) is 22.7 Å². The molecule has 1 atom stereocenters. The minimum Gasteiger partial charge on any atom is -0.349 e. The molecule has 0 spiro atoms. The molecule has 0 bridgehead atoms. The van der Waals surface area contributed by atoms with Gasteiger partial charge >= 0.3 is 0 Å². The number of thiophene rings is 1. The number of hydrogen-bond donors (Lipinski definition) is 1. The zero-order valence-electron chi connectivity index (χ0n) is 15.9. The van der Waals surface area contributed by atoms with Crippen LogP contribution < -0.4 is 5.32 Å². The summed E-state index contributed by atoms with van der Waals surface area (Å²) in [5.74, 6) is 0.658. The highest BCUT2D eigenvalue weighted by molar-refractivity contribution is 7.13. The Balaban J connectivity index is 1.54. The van der Waals surface area contributed by atoms with E-state index in [4.69, 9.17) is 4.98 Å². The number of nitrogens with one attached hydrogen (secondary N) is 1. The Hall–Kier alpha value is -1.98. The van der Waals surface area contributed by atoms with Crippen molar-refractivity contribution >= 4 is 28.6 Å². The van der Waals surface area contributed by atoms with E-state index in [0.717, 1.165) is 15.6 Å². The lowest BCUT2D eigenvalue weighted by molar-refractivity contribution is -0.121. The maximum atomic E-state index is 12.9. The quantitative estimate of drug-likeness (QED) is 0.589. The third-order valence-electron chi connectivity index (χ3n) is 4.99. The fraction of sp³-hybridized carbons (Fsp3) is 0.364. The highest BCUT2D eigenvalue weighted by Crippen LogP contribution is 2.41. The number of hydrogen-bond acceptors (Lipinski definition) is 4. The Morgan fingerprint density at radius 1 is 1.19 bits per heavy atom. The first-order valence-corrected chi connectivity index (χ1v) is 11.0. The van der Waals surface area contributed by atoms with E-state index < -0.39 is 0 Å². The monoisotopic (exact) mass is 396 g/mol. The molecule has 27 heavy (non-hydrogen) atoms. The lowest BCUT2D eigenvalue weighted by Gasteiger charge is -2.18. The highest BCUT2D eigenvalue weighted by Gasteiger charge is 2.33. The van der Waals surface area contributed by atoms with Crippen LogP contribution in [-0.2, 0) is 11.2 Å². The number of rotatable bonds is 6. The van der Waals surface area contributed by atoms with Gasteiger partial charge in [-0.1, -0.05) is 30.3 Å². The van der Waals surface area contributed by atoms with Gasteiger partial charge in [0.1, 0.15) is 0 Å². The molecule has 3 nitrogen and oxygen atoms in total. The minimum atomic E-state index is 0.0882. The van der Waals surface area contributed by atoms with Crippen molar-refractivity contribution in [3.05, 3.63) is 61.6 Å². The largest absolute Gasteiger partial charge is 0.349 e. The fourth-order valence-electron chi connectivity index (χ4n) is 3.60. The molecule has 3 aromatic rings. The lowest BCUT2D eigenvalue weighted by Crippen LogP contribution is -2.31. The fourth-order valence-corrected chi connectivity index (χ4v) is 5.47. The topological polar surface area (TPSA) is 42.0 Å². The van der Waals surface area contributed by atoms with Crippen LogP contribution in [0.3, 0.4) is 0 Å². The van der Waals surface area contributed by atoms with Crippen LogP contribution in [0.1, 0.15) is 44.1 Å². The van der Waals surface area contributed by atoms with Gasteiger partial charge in [0.15, 0.2) is 0 Å². The molecule has 140 valence electrons. The standard InChI is InChI=1S/C22H24N2OS2/c1-13-11-18(14(2)26-13)22-19(27-15(3)23-22)12-20(25)24-21(17-9-10-17)16-7-5-4-6-8-16/h4-8,11,17,21H,9-10,12H2,1-3H3,(H,24,25). The predicted octanol–water partition coefficient (Wildman–Crippen LogP) is 5.61. The van der Waals surface area contributed by atoms with Crippen LogP contribution in [0.4, 0.5) is 0 Å². The first-order valence-electron chi connectivity index (χ1n) is 9.39. The van der Waals surface area contributed by atoms with Crippen molar-refractivity contribution in [1.82, 2.24) is 10.3 Å². The number of nitrogens with zero attached hydrogens (tertiary/aromatic N) is 1. The average molecular weight is 397 g/mol. The summed E-state index contributed by atoms with van der Waals surface area (Å²) < 4.78 is 0. The van der Waals surface area contributed by atoms with Gasteiger partial charge in [-0.3, -0.25) is 4.79 Å². The lowest BCUT2D eigenvalue weighted by atomic mass is 10.0. The van der Waals surface area contributed by atoms with Crippen LogP contribution in [0.2, 0.25) is 0 Å². The van der Waals surface area contributed by atoms with Gasteiger partial charge in [0.2, 0.25) is 5.91 Å². The molecule has 1 aromatic carbocycles. The van der Waals surface area contributed by atoms with E-state index in [2.05, 4.69) is 37.4 Å². The van der Waals surface area contributed by atoms with Crippen molar-refractivity contribution in [3.8, 4) is 11.3 Å². The van der Waals surface area contributed by atoms with E-state index in [9.17, 15) is 4.79 Å². The van der Waals surface area contributed by atoms with Gasteiger partial charge in [-0.05, 0) is 51.2 Å². The Kier molecular flexibility index (Phi) is 5.15. The molecular formula is C22H24N2OS2. The average Bonchev–Trinajstić information content (AvgIpc) is 3.34. The number of carbonyl (C=O) groups excluding carboxylic acids is 1. The summed E-state index contributed by atoms with van der Waals surface area (Å²) >= 11 is 3.42. The Morgan fingerprint density at radius 3 is 2.56 bits per heavy atom. The molecule has 2 heterocycles. The van der Waals surface area contributed by atoms with Crippen molar-refractivity contribution in [2.45, 2.75) is 46.1 Å². The number of aryl methyl sites for hydroxylation is 3. The molecule has 1 fully saturated rings. The van der Waals surface area contributed by atoms with Crippen molar-refractivity contribution in [2.24, 2.45) is 5.92 Å². The summed E-state index contributed by atoms with van der Waals surface area (Å²) in [5, 5.41) is 4.31. The summed E-state index contributed by atoms with van der Waals surface area (Å²) in [4.78, 5) is 21.2. The zero-order valence-corrected chi connectivity index (χ0v) is 17.5. The predicted molar refractivity (Wildman–Crippen MR) is 113 cm³/mol. The van der Waals surface area contributed by atoms with Gasteiger partial charge in [0.05, 0.1) is 23.2 Å². The Labute approximate surface area is 168 Å². The second kappa shape index (κ2) is 7.56. The molecule has 5 heteroatoms. The van der Waals surface area contributed by atoms with Crippen LogP contribution in [0, 0.1) is 26.7 Å². The van der Waals surface area contributed by atoms with Crippen molar-refractivity contribution in [2.75, 3.05) is 0 Å². The van der Waals surface area contributed by atoms with Crippen molar-refractivity contribution in [3.63, 3.8) is 0 Å². The molecular weight excluding hydrogens is 372 g/mol. The molecule has 1 aliphatic rings. The van der Waals surface area contributed by atoms with Crippen LogP contribution in [0.15, 0.2) is 36.4 Å². The zero-order chi connectivity index (χ0) is 19.0. The first-order chi connectivity index (χ1) is 13.0. The third kappa shape index (κ3) is 4.14. The van der Waals surface area contributed by atoms with Gasteiger partial charge in [-0.2, -0.15) is 0 Å². The van der Waals surface area contributed by atoms with Crippen LogP contribution in [0.5, 0.6) is 0 Å². The smallest absolute Gasteiger partial charge is 0.225 e. The van der Waals surface area contributed by atoms with E-state index in [0.29, 0.717) is 12.3 Å². The minimum absolute atomic E-state index is 0.0882. The number of carbonyl (C=O) groups is 1. The summed E-state index contributed by atoms with van der Waals surface area (Å²) in [7, 11) is 0. The normalized spacial score (nSPS) is 14.9. The van der Waals surface area contributed by atoms with Crippen molar-refractivity contribution < 1.29 is 4.79 Å². The highest BCUT2D eigenvalue weighted by atomic mass is 32.1. The molecule has 0 radical (unpaired) electrons. The molecule has 0 saturated heterocycles. The van der Waals surface area contributed by atoms with E-state index in [1.165, 1.54) is 33.7 Å². The van der Waals surface area contributed by atoms with E-state index in [1.807, 2.05) is 25.1 Å². The summed E-state index contributed by atoms with van der Waals surface area (Å²) in [6, 6.07) is 12.7. The molecule has 4 rings (SSSR count). The Morgan fingerprint density at radius 2 is 1.93 bits per heavy atom. The summed E-state index contributed by atoms with van der Waals surface area (Å²) in [6.07, 6.45) is 2.78. The van der Waals surface area contributed by atoms with Crippen LogP contribution in [-0.4, -0.2) is 10.9 Å². The SMILES string of the molecule is Cc1cc(-c2nc(C)sc2CC(=O)NC(c2ccccc2)C2CC2)c(C)s1. The van der Waals surface area contributed by atoms with Gasteiger partial charge in [-0.25, -0.2) is 4.98 Å². The second-order valence-electron chi connectivity index (χ2n) is 7.30. The van der Waals surface area contributed by atoms with Crippen LogP contribution >= 0.6 is 22.7 Å².